The number of aromatic nitrogens is 6. The zero-order valence-electron chi connectivity index (χ0n) is 14.3. The van der Waals surface area contributed by atoms with E-state index in [1.54, 1.807) is 55.9 Å². The number of methoxy groups -OCH3 is 1. The Labute approximate surface area is 152 Å². The highest BCUT2D eigenvalue weighted by molar-refractivity contribution is 5.70. The van der Waals surface area contributed by atoms with Crippen molar-refractivity contribution in [2.75, 3.05) is 7.11 Å². The monoisotopic (exact) mass is 366 g/mol. The van der Waals surface area contributed by atoms with Crippen molar-refractivity contribution >= 4 is 0 Å². The molecule has 0 aliphatic carbocycles. The number of ether oxygens (including phenoxy) is 1. The Morgan fingerprint density at radius 3 is 2.78 bits per heavy atom. The van der Waals surface area contributed by atoms with Crippen molar-refractivity contribution < 1.29 is 9.13 Å². The Bertz CT molecular complexity index is 1130. The first-order chi connectivity index (χ1) is 13.2. The molecule has 2 heterocycles. The third kappa shape index (κ3) is 3.10. The van der Waals surface area contributed by atoms with E-state index in [9.17, 15) is 9.18 Å². The summed E-state index contributed by atoms with van der Waals surface area (Å²) in [6.07, 6.45) is 3.42. The van der Waals surface area contributed by atoms with E-state index in [0.717, 1.165) is 20.5 Å². The van der Waals surface area contributed by atoms with Crippen molar-refractivity contribution in [1.82, 2.24) is 30.0 Å². The molecule has 2 aromatic heterocycles. The number of hydrogen-bond acceptors (Lipinski definition) is 5. The number of H-pyrrole nitrogens is 1. The van der Waals surface area contributed by atoms with Gasteiger partial charge >= 0.3 is 5.69 Å². The van der Waals surface area contributed by atoms with Crippen LogP contribution in [0.4, 0.5) is 4.39 Å². The van der Waals surface area contributed by atoms with Gasteiger partial charge in [0.15, 0.2) is 0 Å². The second-order valence-corrected chi connectivity index (χ2v) is 5.79. The number of hydrogen-bond donors (Lipinski definition) is 1. The van der Waals surface area contributed by atoms with Crippen LogP contribution in [-0.2, 0) is 6.54 Å². The van der Waals surface area contributed by atoms with E-state index in [1.165, 1.54) is 6.07 Å². The van der Waals surface area contributed by atoms with Crippen molar-refractivity contribution in [2.45, 2.75) is 6.54 Å². The third-order valence-electron chi connectivity index (χ3n) is 4.16. The normalized spacial score (nSPS) is 10.9. The first-order valence-corrected chi connectivity index (χ1v) is 8.11. The highest BCUT2D eigenvalue weighted by atomic mass is 19.1. The summed E-state index contributed by atoms with van der Waals surface area (Å²) in [5.74, 6) is 0.162. The maximum Gasteiger partial charge on any atom is 0.368 e. The summed E-state index contributed by atoms with van der Waals surface area (Å²) >= 11 is 0. The quantitative estimate of drug-likeness (QED) is 0.584. The van der Waals surface area contributed by atoms with Gasteiger partial charge in [-0.05, 0) is 28.6 Å². The maximum absolute atomic E-state index is 13.8. The van der Waals surface area contributed by atoms with Gasteiger partial charge in [-0.3, -0.25) is 5.10 Å². The summed E-state index contributed by atoms with van der Waals surface area (Å²) in [4.78, 5) is 12.6. The van der Waals surface area contributed by atoms with Crippen LogP contribution in [0.2, 0.25) is 0 Å². The van der Waals surface area contributed by atoms with Crippen LogP contribution in [0.1, 0.15) is 5.56 Å². The smallest absolute Gasteiger partial charge is 0.368 e. The zero-order valence-corrected chi connectivity index (χ0v) is 14.3. The van der Waals surface area contributed by atoms with Gasteiger partial charge in [-0.1, -0.05) is 18.2 Å². The topological polar surface area (TPSA) is 90.6 Å². The fraction of sp³-hybridized carbons (Fsp3) is 0.111. The largest absolute Gasteiger partial charge is 0.496 e. The molecule has 0 amide bonds. The lowest BCUT2D eigenvalue weighted by Gasteiger charge is -2.08. The average molecular weight is 366 g/mol. The second-order valence-electron chi connectivity index (χ2n) is 5.79. The number of tetrazole rings is 1. The molecule has 0 atom stereocenters. The molecule has 2 aromatic carbocycles. The predicted octanol–water partition coefficient (Wildman–Crippen LogP) is 2.02. The van der Waals surface area contributed by atoms with Crippen molar-refractivity contribution in [3.63, 3.8) is 0 Å². The van der Waals surface area contributed by atoms with Crippen LogP contribution in [0.15, 0.2) is 59.7 Å². The molecule has 27 heavy (non-hydrogen) atoms. The van der Waals surface area contributed by atoms with Crippen LogP contribution in [0.5, 0.6) is 5.75 Å². The number of nitrogens with one attached hydrogen (secondary N) is 1. The van der Waals surface area contributed by atoms with Gasteiger partial charge in [0.25, 0.3) is 0 Å². The number of aromatic amines is 1. The van der Waals surface area contributed by atoms with Crippen LogP contribution in [0.25, 0.3) is 16.8 Å². The summed E-state index contributed by atoms with van der Waals surface area (Å²) in [7, 11) is 1.54. The Hall–Kier alpha value is -3.75. The summed E-state index contributed by atoms with van der Waals surface area (Å²) < 4.78 is 21.5. The number of rotatable bonds is 5. The van der Waals surface area contributed by atoms with Gasteiger partial charge < -0.3 is 4.74 Å². The van der Waals surface area contributed by atoms with Crippen LogP contribution < -0.4 is 10.4 Å². The Kier molecular flexibility index (Phi) is 4.25. The van der Waals surface area contributed by atoms with E-state index in [4.69, 9.17) is 4.74 Å². The minimum Gasteiger partial charge on any atom is -0.496 e. The fourth-order valence-electron chi connectivity index (χ4n) is 2.77. The van der Waals surface area contributed by atoms with Gasteiger partial charge in [-0.15, -0.1) is 0 Å². The van der Waals surface area contributed by atoms with Gasteiger partial charge in [0.05, 0.1) is 25.5 Å². The number of benzene rings is 2. The number of halogens is 1. The van der Waals surface area contributed by atoms with Crippen LogP contribution in [0.3, 0.4) is 0 Å². The molecule has 0 saturated carbocycles. The zero-order chi connectivity index (χ0) is 18.8. The lowest BCUT2D eigenvalue weighted by molar-refractivity contribution is 0.416. The van der Waals surface area contributed by atoms with E-state index in [0.29, 0.717) is 17.0 Å². The molecule has 9 heteroatoms. The second kappa shape index (κ2) is 6.87. The minimum absolute atomic E-state index is 0.00422. The summed E-state index contributed by atoms with van der Waals surface area (Å²) in [5.41, 5.74) is 2.05. The Morgan fingerprint density at radius 1 is 1.19 bits per heavy atom. The molecule has 0 saturated heterocycles. The molecule has 0 aliphatic heterocycles. The first kappa shape index (κ1) is 16.7. The van der Waals surface area contributed by atoms with E-state index >= 15 is 0 Å². The molecule has 4 aromatic rings. The molecule has 0 bridgehead atoms. The van der Waals surface area contributed by atoms with E-state index in [-0.39, 0.29) is 6.54 Å². The van der Waals surface area contributed by atoms with Gasteiger partial charge in [-0.2, -0.15) is 14.5 Å². The van der Waals surface area contributed by atoms with Gasteiger partial charge in [0.1, 0.15) is 11.6 Å². The summed E-state index contributed by atoms with van der Waals surface area (Å²) in [6, 6.07) is 11.5. The van der Waals surface area contributed by atoms with E-state index < -0.39 is 11.5 Å². The van der Waals surface area contributed by atoms with Crippen molar-refractivity contribution in [2.24, 2.45) is 0 Å². The van der Waals surface area contributed by atoms with Crippen LogP contribution >= 0.6 is 0 Å². The summed E-state index contributed by atoms with van der Waals surface area (Å²) in [5, 5.41) is 14.4. The van der Waals surface area contributed by atoms with Crippen molar-refractivity contribution in [1.29, 1.82) is 0 Å². The molecular formula is C18H15FN6O2. The molecule has 0 radical (unpaired) electrons. The Balaban J connectivity index is 1.69. The molecule has 1 N–H and O–H groups in total. The predicted molar refractivity (Wildman–Crippen MR) is 95.3 cm³/mol. The van der Waals surface area contributed by atoms with E-state index in [2.05, 4.69) is 20.6 Å². The van der Waals surface area contributed by atoms with Crippen molar-refractivity contribution in [3.05, 3.63) is 76.7 Å². The standard InChI is InChI=1S/C18H15FN6O2/c1-27-17-8-14(6-7-15(17)13-9-20-21-10-13)25-18(26)24(22-23-25)11-12-4-2-3-5-16(12)19/h2-10H,11H2,1H3,(H,20,21). The van der Waals surface area contributed by atoms with Gasteiger partial charge in [-0.25, -0.2) is 9.18 Å². The maximum atomic E-state index is 13.8. The van der Waals surface area contributed by atoms with Crippen molar-refractivity contribution in [3.8, 4) is 22.6 Å². The first-order valence-electron chi connectivity index (χ1n) is 8.11. The molecule has 4 rings (SSSR count). The minimum atomic E-state index is -0.476. The average Bonchev–Trinajstić information content (AvgIpc) is 3.34. The molecule has 8 nitrogen and oxygen atoms in total. The lowest BCUT2D eigenvalue weighted by atomic mass is 10.1. The molecule has 136 valence electrons. The highest BCUT2D eigenvalue weighted by Gasteiger charge is 2.14. The molecule has 0 unspecified atom stereocenters. The Morgan fingerprint density at radius 2 is 2.04 bits per heavy atom. The molecule has 0 aliphatic rings. The fourth-order valence-corrected chi connectivity index (χ4v) is 2.77. The number of nitrogens with zero attached hydrogens (tertiary/aromatic N) is 5. The van der Waals surface area contributed by atoms with Gasteiger partial charge in [0, 0.05) is 29.0 Å². The molecule has 0 fully saturated rings. The lowest BCUT2D eigenvalue weighted by Crippen LogP contribution is -2.25. The highest BCUT2D eigenvalue weighted by Crippen LogP contribution is 2.30. The SMILES string of the molecule is COc1cc(-n2nnn(Cc3ccccc3F)c2=O)ccc1-c1cn[nH]c1. The molecule has 0 spiro atoms. The van der Waals surface area contributed by atoms with E-state index in [1.807, 2.05) is 0 Å². The van der Waals surface area contributed by atoms with Crippen LogP contribution in [-0.4, -0.2) is 37.1 Å². The summed E-state index contributed by atoms with van der Waals surface area (Å²) in [6.45, 7) is -0.00422. The third-order valence-corrected chi connectivity index (χ3v) is 4.16. The molecular weight excluding hydrogens is 351 g/mol. The van der Waals surface area contributed by atoms with Crippen LogP contribution in [0, 0.1) is 5.82 Å². The van der Waals surface area contributed by atoms with Gasteiger partial charge in [0.2, 0.25) is 0 Å².